The van der Waals surface area contributed by atoms with Crippen LogP contribution in [0.4, 0.5) is 4.39 Å². The maximum Gasteiger partial charge on any atom is 0.295 e. The van der Waals surface area contributed by atoms with Crippen LogP contribution in [-0.2, 0) is 9.59 Å². The number of likely N-dealkylation sites (tertiary alicyclic amines) is 1. The van der Waals surface area contributed by atoms with Crippen LogP contribution in [0.1, 0.15) is 17.2 Å². The predicted molar refractivity (Wildman–Crippen MR) is 120 cm³/mol. The zero-order chi connectivity index (χ0) is 24.3. The summed E-state index contributed by atoms with van der Waals surface area (Å²) < 4.78 is 29.9. The molecule has 0 spiro atoms. The van der Waals surface area contributed by atoms with E-state index in [2.05, 4.69) is 0 Å². The minimum Gasteiger partial charge on any atom is -0.507 e. The number of aliphatic hydroxyl groups is 1. The number of methoxy groups -OCH3 is 3. The number of rotatable bonds is 8. The Morgan fingerprint density at radius 3 is 2.21 bits per heavy atom. The van der Waals surface area contributed by atoms with E-state index < -0.39 is 29.3 Å². The monoisotopic (exact) mass is 458 g/mol. The van der Waals surface area contributed by atoms with Crippen LogP contribution >= 0.6 is 0 Å². The van der Waals surface area contributed by atoms with Crippen molar-refractivity contribution in [3.8, 4) is 17.2 Å². The molecule has 0 saturated carbocycles. The van der Waals surface area contributed by atoms with E-state index >= 15 is 0 Å². The molecule has 33 heavy (non-hydrogen) atoms. The van der Waals surface area contributed by atoms with Crippen molar-refractivity contribution in [3.63, 3.8) is 0 Å². The molecule has 1 heterocycles. The molecule has 1 N–H and O–H groups in total. The summed E-state index contributed by atoms with van der Waals surface area (Å²) in [6, 6.07) is 7.95. The Labute approximate surface area is 191 Å². The summed E-state index contributed by atoms with van der Waals surface area (Å²) in [4.78, 5) is 29.3. The van der Waals surface area contributed by atoms with E-state index in [1.165, 1.54) is 38.4 Å². The van der Waals surface area contributed by atoms with Gasteiger partial charge in [-0.15, -0.1) is 0 Å². The Balaban J connectivity index is 2.19. The van der Waals surface area contributed by atoms with Gasteiger partial charge < -0.3 is 29.1 Å². The van der Waals surface area contributed by atoms with E-state index in [0.29, 0.717) is 23.6 Å². The summed E-state index contributed by atoms with van der Waals surface area (Å²) >= 11 is 0. The van der Waals surface area contributed by atoms with E-state index in [1.54, 1.807) is 18.2 Å². The third-order valence-electron chi connectivity index (χ3n) is 5.48. The highest BCUT2D eigenvalue weighted by atomic mass is 19.1. The third-order valence-corrected chi connectivity index (χ3v) is 5.48. The molecule has 8 nitrogen and oxygen atoms in total. The lowest BCUT2D eigenvalue weighted by atomic mass is 9.95. The summed E-state index contributed by atoms with van der Waals surface area (Å²) in [5, 5.41) is 11.1. The molecular formula is C24H27FN2O6. The van der Waals surface area contributed by atoms with Crippen LogP contribution in [0.5, 0.6) is 17.2 Å². The molecule has 1 atom stereocenters. The van der Waals surface area contributed by atoms with Gasteiger partial charge in [-0.3, -0.25) is 9.59 Å². The standard InChI is InChI=1S/C24H27FN2O6/c1-26(2)10-11-27-21(14-6-9-18(32-4)19(13-14)33-5)20(23(29)24(27)30)22(28)15-7-8-17(31-3)16(25)12-15/h6-9,12-13,21,28H,10-11H2,1-5H3. The molecule has 1 aliphatic heterocycles. The normalized spacial score (nSPS) is 17.5. The molecular weight excluding hydrogens is 431 g/mol. The van der Waals surface area contributed by atoms with Crippen LogP contribution in [0.25, 0.3) is 5.76 Å². The predicted octanol–water partition coefficient (Wildman–Crippen LogP) is 2.83. The Hall–Kier alpha value is -3.59. The van der Waals surface area contributed by atoms with Crippen molar-refractivity contribution in [2.45, 2.75) is 6.04 Å². The molecule has 9 heteroatoms. The number of hydrogen-bond donors (Lipinski definition) is 1. The van der Waals surface area contributed by atoms with Crippen molar-refractivity contribution in [1.82, 2.24) is 9.80 Å². The molecule has 2 aromatic carbocycles. The second-order valence-corrected chi connectivity index (χ2v) is 7.76. The van der Waals surface area contributed by atoms with Gasteiger partial charge in [0, 0.05) is 18.7 Å². The zero-order valence-corrected chi connectivity index (χ0v) is 19.2. The average Bonchev–Trinajstić information content (AvgIpc) is 3.06. The van der Waals surface area contributed by atoms with Gasteiger partial charge in [0.15, 0.2) is 23.1 Å². The number of hydrogen-bond acceptors (Lipinski definition) is 7. The fourth-order valence-electron chi connectivity index (χ4n) is 3.76. The largest absolute Gasteiger partial charge is 0.507 e. The zero-order valence-electron chi connectivity index (χ0n) is 19.2. The first kappa shape index (κ1) is 24.1. The second kappa shape index (κ2) is 9.91. The quantitative estimate of drug-likeness (QED) is 0.370. The first-order valence-corrected chi connectivity index (χ1v) is 10.2. The van der Waals surface area contributed by atoms with Gasteiger partial charge in [0.25, 0.3) is 11.7 Å². The van der Waals surface area contributed by atoms with Crippen molar-refractivity contribution in [3.05, 3.63) is 58.9 Å². The molecule has 1 aliphatic rings. The molecule has 0 aromatic heterocycles. The number of aliphatic hydroxyl groups excluding tert-OH is 1. The first-order valence-electron chi connectivity index (χ1n) is 10.2. The number of likely N-dealkylation sites (N-methyl/N-ethyl adjacent to an activating group) is 1. The van der Waals surface area contributed by atoms with Crippen molar-refractivity contribution < 1.29 is 33.3 Å². The lowest BCUT2D eigenvalue weighted by molar-refractivity contribution is -0.140. The van der Waals surface area contributed by atoms with Gasteiger partial charge in [-0.2, -0.15) is 0 Å². The highest BCUT2D eigenvalue weighted by Crippen LogP contribution is 2.42. The Bertz CT molecular complexity index is 1100. The molecule has 1 fully saturated rings. The van der Waals surface area contributed by atoms with E-state index in [1.807, 2.05) is 19.0 Å². The summed E-state index contributed by atoms with van der Waals surface area (Å²) in [5.41, 5.74) is 0.473. The number of halogens is 1. The summed E-state index contributed by atoms with van der Waals surface area (Å²) in [7, 11) is 8.00. The van der Waals surface area contributed by atoms with Crippen molar-refractivity contribution >= 4 is 17.4 Å². The number of benzene rings is 2. The van der Waals surface area contributed by atoms with Crippen LogP contribution in [0.3, 0.4) is 0 Å². The van der Waals surface area contributed by atoms with Crippen LogP contribution in [-0.4, -0.2) is 75.1 Å². The van der Waals surface area contributed by atoms with E-state index in [0.717, 1.165) is 6.07 Å². The van der Waals surface area contributed by atoms with Gasteiger partial charge in [0.2, 0.25) is 0 Å². The fourth-order valence-corrected chi connectivity index (χ4v) is 3.76. The molecule has 3 rings (SSSR count). The summed E-state index contributed by atoms with van der Waals surface area (Å²) in [6.45, 7) is 0.734. The lowest BCUT2D eigenvalue weighted by Crippen LogP contribution is -2.35. The molecule has 1 saturated heterocycles. The number of carbonyl (C=O) groups is 2. The van der Waals surface area contributed by atoms with Crippen LogP contribution in [0.15, 0.2) is 42.0 Å². The van der Waals surface area contributed by atoms with Crippen molar-refractivity contribution in [2.24, 2.45) is 0 Å². The maximum atomic E-state index is 14.3. The number of amides is 1. The molecule has 1 unspecified atom stereocenters. The second-order valence-electron chi connectivity index (χ2n) is 7.76. The SMILES string of the molecule is COc1ccc(C(O)=C2C(=O)C(=O)N(CCN(C)C)C2c2ccc(OC)c(OC)c2)cc1F. The molecule has 0 aliphatic carbocycles. The third kappa shape index (κ3) is 4.63. The van der Waals surface area contributed by atoms with E-state index in [-0.39, 0.29) is 23.4 Å². The van der Waals surface area contributed by atoms with Gasteiger partial charge >= 0.3 is 0 Å². The molecule has 1 amide bonds. The van der Waals surface area contributed by atoms with Gasteiger partial charge in [-0.1, -0.05) is 6.07 Å². The summed E-state index contributed by atoms with van der Waals surface area (Å²) in [5.74, 6) is -1.88. The van der Waals surface area contributed by atoms with E-state index in [9.17, 15) is 19.1 Å². The Morgan fingerprint density at radius 2 is 1.64 bits per heavy atom. The molecule has 0 bridgehead atoms. The lowest BCUT2D eigenvalue weighted by Gasteiger charge is -2.27. The number of Topliss-reactive ketones (excluding diaryl/α,β-unsaturated/α-hetero) is 1. The average molecular weight is 458 g/mol. The van der Waals surface area contributed by atoms with Gasteiger partial charge in [-0.25, -0.2) is 4.39 Å². The number of ether oxygens (including phenoxy) is 3. The maximum absolute atomic E-state index is 14.3. The minimum atomic E-state index is -0.894. The highest BCUT2D eigenvalue weighted by Gasteiger charge is 2.46. The molecule has 2 aromatic rings. The Kier molecular flexibility index (Phi) is 7.23. The number of nitrogens with zero attached hydrogens (tertiary/aromatic N) is 2. The van der Waals surface area contributed by atoms with Crippen LogP contribution in [0, 0.1) is 5.82 Å². The number of carbonyl (C=O) groups excluding carboxylic acids is 2. The highest BCUT2D eigenvalue weighted by molar-refractivity contribution is 6.46. The van der Waals surface area contributed by atoms with Gasteiger partial charge in [0.05, 0.1) is 32.9 Å². The van der Waals surface area contributed by atoms with E-state index in [4.69, 9.17) is 14.2 Å². The van der Waals surface area contributed by atoms with Crippen molar-refractivity contribution in [1.29, 1.82) is 0 Å². The van der Waals surface area contributed by atoms with Crippen LogP contribution < -0.4 is 14.2 Å². The fraction of sp³-hybridized carbons (Fsp3) is 0.333. The van der Waals surface area contributed by atoms with Gasteiger partial charge in [0.1, 0.15) is 5.76 Å². The molecule has 0 radical (unpaired) electrons. The number of ketones is 1. The van der Waals surface area contributed by atoms with Crippen LogP contribution in [0.2, 0.25) is 0 Å². The van der Waals surface area contributed by atoms with Gasteiger partial charge in [-0.05, 0) is 50.0 Å². The molecule has 176 valence electrons. The smallest absolute Gasteiger partial charge is 0.295 e. The Morgan fingerprint density at radius 1 is 1.00 bits per heavy atom. The summed E-state index contributed by atoms with van der Waals surface area (Å²) in [6.07, 6.45) is 0. The van der Waals surface area contributed by atoms with Crippen molar-refractivity contribution in [2.75, 3.05) is 48.5 Å². The first-order chi connectivity index (χ1) is 15.7. The topological polar surface area (TPSA) is 88.5 Å². The minimum absolute atomic E-state index is 0.00516.